The standard InChI is InChI=1S/C5H4BrN3O3/c1-2-3(9-12-8-2)4(10)5(6)7-11/h11H,1H3. The van der Waals surface area contributed by atoms with Crippen molar-refractivity contribution in [2.75, 3.05) is 0 Å². The molecule has 0 amide bonds. The molecule has 1 heterocycles. The van der Waals surface area contributed by atoms with Gasteiger partial charge in [0.1, 0.15) is 5.69 Å². The van der Waals surface area contributed by atoms with Crippen molar-refractivity contribution in [3.8, 4) is 0 Å². The molecule has 0 aliphatic rings. The predicted molar refractivity (Wildman–Crippen MR) is 41.5 cm³/mol. The first kappa shape index (κ1) is 8.85. The third kappa shape index (κ3) is 1.50. The van der Waals surface area contributed by atoms with E-state index >= 15 is 0 Å². The minimum atomic E-state index is -0.573. The summed E-state index contributed by atoms with van der Waals surface area (Å²) in [6, 6.07) is 0. The summed E-state index contributed by atoms with van der Waals surface area (Å²) in [5.41, 5.74) is 0.375. The molecule has 1 rings (SSSR count). The van der Waals surface area contributed by atoms with Crippen molar-refractivity contribution < 1.29 is 14.6 Å². The fourth-order valence-corrected chi connectivity index (χ4v) is 0.768. The molecule has 0 bridgehead atoms. The number of carbonyl (C=O) groups is 1. The first-order valence-electron chi connectivity index (χ1n) is 2.88. The monoisotopic (exact) mass is 233 g/mol. The van der Waals surface area contributed by atoms with Crippen molar-refractivity contribution in [2.45, 2.75) is 6.92 Å². The van der Waals surface area contributed by atoms with Gasteiger partial charge in [-0.2, -0.15) is 0 Å². The highest BCUT2D eigenvalue weighted by Gasteiger charge is 2.19. The number of ketones is 1. The Morgan fingerprint density at radius 2 is 2.33 bits per heavy atom. The predicted octanol–water partition coefficient (Wildman–Crippen LogP) is 0.743. The SMILES string of the molecule is Cc1nonc1C(=O)C(Br)=NO. The van der Waals surface area contributed by atoms with Gasteiger partial charge in [-0.05, 0) is 28.0 Å². The van der Waals surface area contributed by atoms with Crippen molar-refractivity contribution >= 4 is 26.3 Å². The van der Waals surface area contributed by atoms with Crippen LogP contribution in [0, 0.1) is 6.92 Å². The number of hydrogen-bond acceptors (Lipinski definition) is 6. The molecule has 1 N–H and O–H groups in total. The number of rotatable bonds is 2. The lowest BCUT2D eigenvalue weighted by molar-refractivity contribution is 0.105. The normalized spacial score (nSPS) is 11.7. The Balaban J connectivity index is 3.01. The van der Waals surface area contributed by atoms with Crippen LogP contribution in [0.5, 0.6) is 0 Å². The summed E-state index contributed by atoms with van der Waals surface area (Å²) >= 11 is 2.74. The highest BCUT2D eigenvalue weighted by atomic mass is 79.9. The zero-order chi connectivity index (χ0) is 9.14. The lowest BCUT2D eigenvalue weighted by atomic mass is 10.2. The van der Waals surface area contributed by atoms with Crippen molar-refractivity contribution in [3.05, 3.63) is 11.4 Å². The minimum Gasteiger partial charge on any atom is -0.410 e. The summed E-state index contributed by atoms with van der Waals surface area (Å²) in [7, 11) is 0. The summed E-state index contributed by atoms with van der Waals surface area (Å²) in [5.74, 6) is -0.573. The van der Waals surface area contributed by atoms with Gasteiger partial charge in [0.15, 0.2) is 10.3 Å². The Hall–Kier alpha value is -1.24. The summed E-state index contributed by atoms with van der Waals surface area (Å²) in [4.78, 5) is 11.2. The van der Waals surface area contributed by atoms with Crippen molar-refractivity contribution in [1.82, 2.24) is 10.3 Å². The summed E-state index contributed by atoms with van der Waals surface area (Å²) in [5, 5.41) is 17.6. The average molecular weight is 234 g/mol. The maximum absolute atomic E-state index is 11.2. The Morgan fingerprint density at radius 3 is 2.75 bits per heavy atom. The molecule has 0 aromatic carbocycles. The molecule has 0 fully saturated rings. The molecule has 0 saturated carbocycles. The fraction of sp³-hybridized carbons (Fsp3) is 0.200. The van der Waals surface area contributed by atoms with E-state index in [0.29, 0.717) is 5.69 Å². The Morgan fingerprint density at radius 1 is 1.67 bits per heavy atom. The van der Waals surface area contributed by atoms with Crippen molar-refractivity contribution in [3.63, 3.8) is 0 Å². The topological polar surface area (TPSA) is 88.6 Å². The molecule has 0 atom stereocenters. The lowest BCUT2D eigenvalue weighted by Crippen LogP contribution is -2.09. The first-order valence-corrected chi connectivity index (χ1v) is 3.67. The van der Waals surface area contributed by atoms with E-state index in [-0.39, 0.29) is 10.3 Å². The number of oxime groups is 1. The van der Waals surface area contributed by atoms with E-state index in [4.69, 9.17) is 5.21 Å². The van der Waals surface area contributed by atoms with Gasteiger partial charge >= 0.3 is 0 Å². The summed E-state index contributed by atoms with van der Waals surface area (Å²) < 4.78 is 4.05. The van der Waals surface area contributed by atoms with Crippen LogP contribution in [0.1, 0.15) is 16.2 Å². The number of hydrogen-bond donors (Lipinski definition) is 1. The molecular formula is C5H4BrN3O3. The number of carbonyl (C=O) groups excluding carboxylic acids is 1. The number of halogens is 1. The molecule has 6 nitrogen and oxygen atoms in total. The van der Waals surface area contributed by atoms with Gasteiger partial charge in [0.2, 0.25) is 5.78 Å². The van der Waals surface area contributed by atoms with Gasteiger partial charge in [0.25, 0.3) is 0 Å². The molecular weight excluding hydrogens is 230 g/mol. The Kier molecular flexibility index (Phi) is 2.54. The number of nitrogens with zero attached hydrogens (tertiary/aromatic N) is 3. The molecule has 1 aromatic rings. The number of aromatic nitrogens is 2. The molecule has 0 spiro atoms. The second-order valence-electron chi connectivity index (χ2n) is 1.92. The highest BCUT2D eigenvalue weighted by molar-refractivity contribution is 9.19. The van der Waals surface area contributed by atoms with Gasteiger partial charge in [0.05, 0.1) is 0 Å². The van der Waals surface area contributed by atoms with Gasteiger partial charge in [0, 0.05) is 0 Å². The van der Waals surface area contributed by atoms with Crippen LogP contribution >= 0.6 is 15.9 Å². The van der Waals surface area contributed by atoms with E-state index in [1.165, 1.54) is 0 Å². The largest absolute Gasteiger partial charge is 0.410 e. The van der Waals surface area contributed by atoms with Gasteiger partial charge in [-0.15, -0.1) is 0 Å². The van der Waals surface area contributed by atoms with Crippen LogP contribution in [0.2, 0.25) is 0 Å². The van der Waals surface area contributed by atoms with Gasteiger partial charge in [-0.3, -0.25) is 4.79 Å². The van der Waals surface area contributed by atoms with Gasteiger partial charge < -0.3 is 5.21 Å². The Bertz CT molecular complexity index is 332. The average Bonchev–Trinajstić information content (AvgIpc) is 2.48. The zero-order valence-corrected chi connectivity index (χ0v) is 7.57. The molecule has 0 aliphatic heterocycles. The van der Waals surface area contributed by atoms with E-state index in [2.05, 4.69) is 36.0 Å². The molecule has 0 unspecified atom stereocenters. The summed E-state index contributed by atoms with van der Waals surface area (Å²) in [6.07, 6.45) is 0. The van der Waals surface area contributed by atoms with Crippen LogP contribution in [0.4, 0.5) is 0 Å². The van der Waals surface area contributed by atoms with Crippen LogP contribution in [-0.2, 0) is 0 Å². The van der Waals surface area contributed by atoms with Gasteiger partial charge in [-0.1, -0.05) is 10.3 Å². The molecule has 12 heavy (non-hydrogen) atoms. The third-order valence-electron chi connectivity index (χ3n) is 1.14. The van der Waals surface area contributed by atoms with Crippen LogP contribution in [0.25, 0.3) is 0 Å². The van der Waals surface area contributed by atoms with E-state index in [0.717, 1.165) is 0 Å². The quantitative estimate of drug-likeness (QED) is 0.353. The third-order valence-corrected chi connectivity index (χ3v) is 1.66. The second kappa shape index (κ2) is 3.44. The fourth-order valence-electron chi connectivity index (χ4n) is 0.581. The van der Waals surface area contributed by atoms with E-state index in [1.807, 2.05) is 0 Å². The molecule has 7 heteroatoms. The minimum absolute atomic E-state index is 0.0275. The highest BCUT2D eigenvalue weighted by Crippen LogP contribution is 2.05. The maximum Gasteiger partial charge on any atom is 0.245 e. The molecule has 1 aromatic heterocycles. The molecule has 0 aliphatic carbocycles. The van der Waals surface area contributed by atoms with Gasteiger partial charge in [-0.25, -0.2) is 4.63 Å². The van der Waals surface area contributed by atoms with E-state index < -0.39 is 5.78 Å². The summed E-state index contributed by atoms with van der Waals surface area (Å²) in [6.45, 7) is 1.56. The molecule has 64 valence electrons. The van der Waals surface area contributed by atoms with E-state index in [1.54, 1.807) is 6.92 Å². The zero-order valence-electron chi connectivity index (χ0n) is 5.98. The number of aryl methyl sites for hydroxylation is 1. The second-order valence-corrected chi connectivity index (χ2v) is 2.67. The molecule has 0 radical (unpaired) electrons. The maximum atomic E-state index is 11.2. The Labute approximate surface area is 75.3 Å². The van der Waals surface area contributed by atoms with E-state index in [9.17, 15) is 4.79 Å². The smallest absolute Gasteiger partial charge is 0.245 e. The molecule has 0 saturated heterocycles. The van der Waals surface area contributed by atoms with Crippen LogP contribution < -0.4 is 0 Å². The first-order chi connectivity index (χ1) is 5.66. The van der Waals surface area contributed by atoms with Crippen LogP contribution in [0.15, 0.2) is 9.78 Å². The van der Waals surface area contributed by atoms with Crippen molar-refractivity contribution in [2.24, 2.45) is 5.16 Å². The van der Waals surface area contributed by atoms with Crippen LogP contribution in [0.3, 0.4) is 0 Å². The lowest BCUT2D eigenvalue weighted by Gasteiger charge is -1.89. The van der Waals surface area contributed by atoms with Crippen molar-refractivity contribution in [1.29, 1.82) is 0 Å². The number of Topliss-reactive ketones (excluding diaryl/α,β-unsaturated/α-hetero) is 1. The van der Waals surface area contributed by atoms with Crippen LogP contribution in [-0.4, -0.2) is 25.9 Å².